The first-order chi connectivity index (χ1) is 18.9. The number of imide groups is 1. The molecule has 1 fully saturated rings. The lowest BCUT2D eigenvalue weighted by atomic mass is 9.59. The second-order valence-corrected chi connectivity index (χ2v) is 10.8. The van der Waals surface area contributed by atoms with Crippen molar-refractivity contribution in [3.8, 4) is 5.75 Å². The number of aromatic hydroxyl groups is 1. The molecule has 6 nitrogen and oxygen atoms in total. The van der Waals surface area contributed by atoms with Crippen LogP contribution in [0.25, 0.3) is 10.8 Å². The third-order valence-electron chi connectivity index (χ3n) is 8.82. The van der Waals surface area contributed by atoms with E-state index in [0.29, 0.717) is 39.8 Å². The minimum Gasteiger partial charge on any atom is -0.507 e. The van der Waals surface area contributed by atoms with Crippen molar-refractivity contribution in [1.29, 1.82) is 0 Å². The molecule has 3 aromatic rings. The number of carbonyl (C=O) groups is 4. The van der Waals surface area contributed by atoms with Crippen molar-refractivity contribution >= 4 is 39.8 Å². The monoisotopic (exact) mass is 515 g/mol. The van der Waals surface area contributed by atoms with Crippen LogP contribution in [-0.2, 0) is 19.2 Å². The molecule has 7 rings (SSSR count). The number of carbonyl (C=O) groups excluding carboxylic acids is 4. The second kappa shape index (κ2) is 8.46. The molecule has 0 bridgehead atoms. The van der Waals surface area contributed by atoms with Crippen LogP contribution in [0, 0.1) is 17.8 Å². The van der Waals surface area contributed by atoms with Gasteiger partial charge in [-0.1, -0.05) is 66.2 Å². The SMILES string of the molecule is CC1=CC(=O)C2=C(C1=O)C(c1ccc3ccccc3c1O)C1=CCC3C(=O)N(c4ccccc4)C(=O)C3C1C2. The number of para-hydroxylation sites is 1. The van der Waals surface area contributed by atoms with Crippen molar-refractivity contribution in [2.24, 2.45) is 17.8 Å². The number of benzene rings is 3. The number of hydrogen-bond acceptors (Lipinski definition) is 5. The molecule has 0 aromatic heterocycles. The summed E-state index contributed by atoms with van der Waals surface area (Å²) in [5, 5.41) is 13.0. The van der Waals surface area contributed by atoms with Crippen LogP contribution in [0.4, 0.5) is 5.69 Å². The van der Waals surface area contributed by atoms with E-state index in [1.807, 2.05) is 48.5 Å². The number of anilines is 1. The fourth-order valence-corrected chi connectivity index (χ4v) is 7.05. The zero-order chi connectivity index (χ0) is 27.0. The Morgan fingerprint density at radius 1 is 0.846 bits per heavy atom. The summed E-state index contributed by atoms with van der Waals surface area (Å²) in [4.78, 5) is 55.6. The molecule has 0 saturated carbocycles. The van der Waals surface area contributed by atoms with E-state index >= 15 is 0 Å². The van der Waals surface area contributed by atoms with Crippen molar-refractivity contribution < 1.29 is 24.3 Å². The number of phenolic OH excluding ortho intramolecular Hbond substituents is 1. The van der Waals surface area contributed by atoms with Crippen LogP contribution >= 0.6 is 0 Å². The molecule has 3 aliphatic carbocycles. The summed E-state index contributed by atoms with van der Waals surface area (Å²) < 4.78 is 0. The highest BCUT2D eigenvalue weighted by molar-refractivity contribution is 6.25. The maximum Gasteiger partial charge on any atom is 0.238 e. The Hall–Kier alpha value is -4.58. The number of nitrogens with zero attached hydrogens (tertiary/aromatic N) is 1. The molecule has 0 spiro atoms. The number of Topliss-reactive ketones (excluding diaryl/α,β-unsaturated/α-hetero) is 1. The number of fused-ring (bicyclic) bond motifs is 4. The zero-order valence-electron chi connectivity index (χ0n) is 21.3. The van der Waals surface area contributed by atoms with Crippen molar-refractivity contribution in [2.45, 2.75) is 25.7 Å². The van der Waals surface area contributed by atoms with Gasteiger partial charge in [0.25, 0.3) is 0 Å². The summed E-state index contributed by atoms with van der Waals surface area (Å²) in [6, 6.07) is 20.1. The van der Waals surface area contributed by atoms with Gasteiger partial charge < -0.3 is 5.11 Å². The summed E-state index contributed by atoms with van der Waals surface area (Å²) in [5.41, 5.74) is 3.01. The molecule has 2 amide bonds. The fourth-order valence-electron chi connectivity index (χ4n) is 7.05. The summed E-state index contributed by atoms with van der Waals surface area (Å²) in [7, 11) is 0. The Balaban J connectivity index is 1.41. The van der Waals surface area contributed by atoms with Gasteiger partial charge in [-0.3, -0.25) is 24.1 Å². The molecule has 192 valence electrons. The average Bonchev–Trinajstić information content (AvgIpc) is 3.21. The quantitative estimate of drug-likeness (QED) is 0.289. The van der Waals surface area contributed by atoms with Crippen LogP contribution in [-0.4, -0.2) is 28.5 Å². The van der Waals surface area contributed by atoms with Gasteiger partial charge in [-0.05, 0) is 49.3 Å². The van der Waals surface area contributed by atoms with Gasteiger partial charge in [0.15, 0.2) is 11.6 Å². The Kier molecular flexibility index (Phi) is 5.11. The minimum absolute atomic E-state index is 0.0563. The van der Waals surface area contributed by atoms with Gasteiger partial charge in [-0.15, -0.1) is 0 Å². The molecule has 1 N–H and O–H groups in total. The summed E-state index contributed by atoms with van der Waals surface area (Å²) >= 11 is 0. The first-order valence-corrected chi connectivity index (χ1v) is 13.2. The van der Waals surface area contributed by atoms with E-state index in [1.54, 1.807) is 31.2 Å². The molecule has 4 aliphatic rings. The van der Waals surface area contributed by atoms with Gasteiger partial charge in [-0.2, -0.15) is 0 Å². The van der Waals surface area contributed by atoms with Gasteiger partial charge >= 0.3 is 0 Å². The third kappa shape index (κ3) is 3.27. The van der Waals surface area contributed by atoms with Gasteiger partial charge in [-0.25, -0.2) is 0 Å². The molecule has 1 heterocycles. The third-order valence-corrected chi connectivity index (χ3v) is 8.82. The summed E-state index contributed by atoms with van der Waals surface area (Å²) in [6.45, 7) is 1.63. The second-order valence-electron chi connectivity index (χ2n) is 10.8. The highest BCUT2D eigenvalue weighted by Gasteiger charge is 2.56. The molecule has 39 heavy (non-hydrogen) atoms. The Morgan fingerprint density at radius 3 is 2.38 bits per heavy atom. The van der Waals surface area contributed by atoms with Crippen LogP contribution in [0.1, 0.15) is 31.2 Å². The van der Waals surface area contributed by atoms with E-state index in [0.717, 1.165) is 11.0 Å². The van der Waals surface area contributed by atoms with Crippen LogP contribution < -0.4 is 4.90 Å². The first kappa shape index (κ1) is 23.5. The van der Waals surface area contributed by atoms with Gasteiger partial charge in [0.1, 0.15) is 5.75 Å². The molecule has 1 aliphatic heterocycles. The van der Waals surface area contributed by atoms with Crippen LogP contribution in [0.3, 0.4) is 0 Å². The average molecular weight is 516 g/mol. The van der Waals surface area contributed by atoms with Gasteiger partial charge in [0.05, 0.1) is 17.5 Å². The van der Waals surface area contributed by atoms with E-state index in [2.05, 4.69) is 0 Å². The molecule has 3 aromatic carbocycles. The van der Waals surface area contributed by atoms with E-state index in [4.69, 9.17) is 0 Å². The van der Waals surface area contributed by atoms with E-state index in [1.165, 1.54) is 11.0 Å². The highest BCUT2D eigenvalue weighted by Crippen LogP contribution is 2.56. The predicted molar refractivity (Wildman–Crippen MR) is 146 cm³/mol. The summed E-state index contributed by atoms with van der Waals surface area (Å²) in [5.74, 6) is -3.23. The zero-order valence-corrected chi connectivity index (χ0v) is 21.3. The number of rotatable bonds is 2. The smallest absolute Gasteiger partial charge is 0.238 e. The lowest BCUT2D eigenvalue weighted by Crippen LogP contribution is -2.39. The maximum atomic E-state index is 13.9. The minimum atomic E-state index is -0.682. The van der Waals surface area contributed by atoms with Crippen LogP contribution in [0.2, 0.25) is 0 Å². The topological polar surface area (TPSA) is 91.8 Å². The molecular formula is C33H25NO5. The number of amides is 2. The first-order valence-electron chi connectivity index (χ1n) is 13.2. The molecule has 1 saturated heterocycles. The van der Waals surface area contributed by atoms with Crippen molar-refractivity contribution in [1.82, 2.24) is 0 Å². The van der Waals surface area contributed by atoms with Crippen molar-refractivity contribution in [3.63, 3.8) is 0 Å². The number of allylic oxidation sites excluding steroid dienone is 6. The Bertz CT molecular complexity index is 1730. The number of ketones is 2. The van der Waals surface area contributed by atoms with Gasteiger partial charge in [0.2, 0.25) is 11.8 Å². The lowest BCUT2D eigenvalue weighted by molar-refractivity contribution is -0.123. The number of hydrogen-bond donors (Lipinski definition) is 1. The van der Waals surface area contributed by atoms with E-state index in [-0.39, 0.29) is 35.6 Å². The van der Waals surface area contributed by atoms with Crippen LogP contribution in [0.15, 0.2) is 101 Å². The lowest BCUT2D eigenvalue weighted by Gasteiger charge is -2.42. The largest absolute Gasteiger partial charge is 0.507 e. The normalized spacial score (nSPS) is 26.3. The van der Waals surface area contributed by atoms with Crippen LogP contribution in [0.5, 0.6) is 5.75 Å². The molecular weight excluding hydrogens is 490 g/mol. The molecule has 4 atom stereocenters. The molecule has 4 unspecified atom stereocenters. The van der Waals surface area contributed by atoms with E-state index < -0.39 is 23.7 Å². The highest BCUT2D eigenvalue weighted by atomic mass is 16.3. The number of phenols is 1. The molecule has 0 radical (unpaired) electrons. The Morgan fingerprint density at radius 2 is 1.59 bits per heavy atom. The maximum absolute atomic E-state index is 13.9. The van der Waals surface area contributed by atoms with E-state index in [9.17, 15) is 24.3 Å². The van der Waals surface area contributed by atoms with Gasteiger partial charge in [0, 0.05) is 33.6 Å². The summed E-state index contributed by atoms with van der Waals surface area (Å²) in [6.07, 6.45) is 3.91. The Labute approximate surface area is 224 Å². The predicted octanol–water partition coefficient (Wildman–Crippen LogP) is 5.18. The van der Waals surface area contributed by atoms with Crippen molar-refractivity contribution in [2.75, 3.05) is 4.90 Å². The van der Waals surface area contributed by atoms with Crippen molar-refractivity contribution in [3.05, 3.63) is 107 Å². The molecule has 6 heteroatoms. The standard InChI is InChI=1S/C33H25NO5/c1-17-15-26(35)25-16-24-21(13-14-23-28(24)33(39)34(32(23)38)19-8-3-2-4-9-19)27(29(25)30(17)36)22-12-11-18-7-5-6-10-20(18)31(22)37/h2-13,15,23-24,27-28,37H,14,16H2,1H3. The fraction of sp³-hybridized carbons (Fsp3) is 0.212.